The quantitative estimate of drug-likeness (QED) is 0.817. The number of rotatable bonds is 4. The maximum Gasteiger partial charge on any atom is 0.239 e. The van der Waals surface area contributed by atoms with Crippen molar-refractivity contribution in [3.05, 3.63) is 29.2 Å². The number of thioether (sulfide) groups is 1. The van der Waals surface area contributed by atoms with E-state index in [9.17, 15) is 0 Å². The average Bonchev–Trinajstić information content (AvgIpc) is 2.84. The first-order valence-corrected chi connectivity index (χ1v) is 6.04. The second-order valence-corrected chi connectivity index (χ2v) is 4.89. The highest BCUT2D eigenvalue weighted by Crippen LogP contribution is 2.29. The summed E-state index contributed by atoms with van der Waals surface area (Å²) in [5, 5.41) is 7.85. The minimum absolute atomic E-state index is 0.165. The molecule has 0 amide bonds. The number of aryl methyl sites for hydroxylation is 2. The van der Waals surface area contributed by atoms with Gasteiger partial charge in [-0.05, 0) is 20.8 Å². The van der Waals surface area contributed by atoms with Gasteiger partial charge in [0, 0.05) is 11.8 Å². The normalized spacial score (nSPS) is 12.9. The number of hydrogen-bond acceptors (Lipinski definition) is 6. The fourth-order valence-electron chi connectivity index (χ4n) is 1.25. The third-order valence-electron chi connectivity index (χ3n) is 2.05. The van der Waals surface area contributed by atoms with Crippen LogP contribution in [0.5, 0.6) is 0 Å². The predicted molar refractivity (Wildman–Crippen MR) is 60.0 cm³/mol. The Morgan fingerprint density at radius 1 is 1.31 bits per heavy atom. The van der Waals surface area contributed by atoms with Crippen LogP contribution in [0.15, 0.2) is 15.1 Å². The molecule has 0 spiro atoms. The van der Waals surface area contributed by atoms with Crippen molar-refractivity contribution in [2.45, 2.75) is 31.8 Å². The Bertz CT molecular complexity index is 466. The lowest BCUT2D eigenvalue weighted by Crippen LogP contribution is -1.90. The molecule has 2 aromatic rings. The Morgan fingerprint density at radius 2 is 2.12 bits per heavy atom. The first-order valence-electron chi connectivity index (χ1n) is 4.99. The molecule has 0 bridgehead atoms. The van der Waals surface area contributed by atoms with Gasteiger partial charge >= 0.3 is 0 Å². The lowest BCUT2D eigenvalue weighted by atomic mass is 10.4. The fourth-order valence-corrected chi connectivity index (χ4v) is 2.04. The van der Waals surface area contributed by atoms with E-state index in [4.69, 9.17) is 9.05 Å². The molecule has 0 aliphatic heterocycles. The molecule has 0 aromatic carbocycles. The van der Waals surface area contributed by atoms with Gasteiger partial charge in [0.1, 0.15) is 5.76 Å². The van der Waals surface area contributed by atoms with Crippen LogP contribution in [-0.4, -0.2) is 15.3 Å². The third-order valence-corrected chi connectivity index (χ3v) is 3.21. The van der Waals surface area contributed by atoms with Gasteiger partial charge in [-0.15, -0.1) is 11.8 Å². The van der Waals surface area contributed by atoms with Crippen LogP contribution in [-0.2, 0) is 5.75 Å². The van der Waals surface area contributed by atoms with Crippen LogP contribution in [0, 0.1) is 13.8 Å². The molecule has 16 heavy (non-hydrogen) atoms. The lowest BCUT2D eigenvalue weighted by molar-refractivity contribution is 0.376. The summed E-state index contributed by atoms with van der Waals surface area (Å²) in [4.78, 5) is 4.19. The second-order valence-electron chi connectivity index (χ2n) is 3.56. The maximum absolute atomic E-state index is 5.09. The summed E-state index contributed by atoms with van der Waals surface area (Å²) in [6.45, 7) is 5.72. The zero-order valence-corrected chi connectivity index (χ0v) is 10.2. The summed E-state index contributed by atoms with van der Waals surface area (Å²) in [6.07, 6.45) is 0. The Kier molecular flexibility index (Phi) is 3.28. The summed E-state index contributed by atoms with van der Waals surface area (Å²) in [5.74, 6) is 2.93. The predicted octanol–water partition coefficient (Wildman–Crippen LogP) is 2.67. The molecule has 0 aliphatic rings. The Labute approximate surface area is 97.6 Å². The molecule has 2 rings (SSSR count). The monoisotopic (exact) mass is 239 g/mol. The zero-order chi connectivity index (χ0) is 11.5. The molecule has 1 atom stereocenters. The molecule has 0 radical (unpaired) electrons. The molecule has 0 unspecified atom stereocenters. The fraction of sp³-hybridized carbons (Fsp3) is 0.500. The van der Waals surface area contributed by atoms with Gasteiger partial charge in [-0.1, -0.05) is 10.3 Å². The average molecular weight is 239 g/mol. The maximum atomic E-state index is 5.09. The van der Waals surface area contributed by atoms with E-state index in [0.29, 0.717) is 11.7 Å². The van der Waals surface area contributed by atoms with E-state index in [1.807, 2.05) is 26.8 Å². The van der Waals surface area contributed by atoms with Crippen LogP contribution in [0.3, 0.4) is 0 Å². The highest BCUT2D eigenvalue weighted by molar-refractivity contribution is 7.98. The van der Waals surface area contributed by atoms with E-state index in [2.05, 4.69) is 15.3 Å². The highest BCUT2D eigenvalue weighted by atomic mass is 32.2. The van der Waals surface area contributed by atoms with Crippen LogP contribution in [0.2, 0.25) is 0 Å². The molecule has 0 N–H and O–H groups in total. The van der Waals surface area contributed by atoms with E-state index in [1.165, 1.54) is 0 Å². The Morgan fingerprint density at radius 3 is 2.69 bits per heavy atom. The third kappa shape index (κ3) is 2.63. The van der Waals surface area contributed by atoms with Gasteiger partial charge in [-0.25, -0.2) is 0 Å². The van der Waals surface area contributed by atoms with Crippen molar-refractivity contribution in [1.82, 2.24) is 15.3 Å². The van der Waals surface area contributed by atoms with E-state index >= 15 is 0 Å². The van der Waals surface area contributed by atoms with Crippen LogP contribution in [0.1, 0.15) is 35.3 Å². The zero-order valence-electron chi connectivity index (χ0n) is 9.43. The van der Waals surface area contributed by atoms with Crippen LogP contribution >= 0.6 is 11.8 Å². The van der Waals surface area contributed by atoms with Crippen LogP contribution < -0.4 is 0 Å². The van der Waals surface area contributed by atoms with Crippen LogP contribution in [0.25, 0.3) is 0 Å². The largest absolute Gasteiger partial charge is 0.361 e. The number of nitrogens with zero attached hydrogens (tertiary/aromatic N) is 3. The molecule has 0 fully saturated rings. The van der Waals surface area contributed by atoms with Crippen molar-refractivity contribution in [1.29, 1.82) is 0 Å². The molecule has 2 heterocycles. The molecule has 0 aliphatic carbocycles. The molecule has 5 nitrogen and oxygen atoms in total. The summed E-state index contributed by atoms with van der Waals surface area (Å²) in [7, 11) is 0. The second kappa shape index (κ2) is 4.69. The van der Waals surface area contributed by atoms with Crippen molar-refractivity contribution in [2.24, 2.45) is 0 Å². The van der Waals surface area contributed by atoms with Gasteiger partial charge < -0.3 is 9.05 Å². The van der Waals surface area contributed by atoms with E-state index in [-0.39, 0.29) is 5.25 Å². The molecule has 6 heteroatoms. The van der Waals surface area contributed by atoms with Crippen molar-refractivity contribution >= 4 is 11.8 Å². The minimum atomic E-state index is 0.165. The van der Waals surface area contributed by atoms with E-state index < -0.39 is 0 Å². The first-order chi connectivity index (χ1) is 7.65. The molecular formula is C10H13N3O2S. The van der Waals surface area contributed by atoms with Gasteiger partial charge in [-0.2, -0.15) is 4.98 Å². The summed E-state index contributed by atoms with van der Waals surface area (Å²) in [6, 6.07) is 1.93. The minimum Gasteiger partial charge on any atom is -0.361 e. The van der Waals surface area contributed by atoms with Crippen molar-refractivity contribution < 1.29 is 9.05 Å². The Hall–Kier alpha value is -1.30. The van der Waals surface area contributed by atoms with E-state index in [1.54, 1.807) is 11.8 Å². The van der Waals surface area contributed by atoms with Crippen molar-refractivity contribution in [2.75, 3.05) is 0 Å². The lowest BCUT2D eigenvalue weighted by Gasteiger charge is -2.03. The number of hydrogen-bond donors (Lipinski definition) is 0. The smallest absolute Gasteiger partial charge is 0.239 e. The van der Waals surface area contributed by atoms with Crippen molar-refractivity contribution in [3.63, 3.8) is 0 Å². The van der Waals surface area contributed by atoms with Crippen molar-refractivity contribution in [3.8, 4) is 0 Å². The van der Waals surface area contributed by atoms with Gasteiger partial charge in [0.2, 0.25) is 5.89 Å². The summed E-state index contributed by atoms with van der Waals surface area (Å²) in [5.41, 5.74) is 0.936. The molecule has 2 aromatic heterocycles. The van der Waals surface area contributed by atoms with Gasteiger partial charge in [0.05, 0.1) is 10.9 Å². The number of aromatic nitrogens is 3. The molecule has 0 saturated heterocycles. The Balaban J connectivity index is 1.91. The SMILES string of the molecule is Cc1noc([C@@H](C)SCc2cc(C)on2)n1. The van der Waals surface area contributed by atoms with E-state index in [0.717, 1.165) is 17.2 Å². The standard InChI is InChI=1S/C10H13N3O2S/c1-6-4-9(13-14-6)5-16-7(2)10-11-8(3)12-15-10/h4,7H,5H2,1-3H3/t7-/m1/s1. The van der Waals surface area contributed by atoms with Crippen LogP contribution in [0.4, 0.5) is 0 Å². The first kappa shape index (κ1) is 11.2. The van der Waals surface area contributed by atoms with Gasteiger partial charge in [0.15, 0.2) is 5.82 Å². The topological polar surface area (TPSA) is 65.0 Å². The summed E-state index contributed by atoms with van der Waals surface area (Å²) >= 11 is 1.69. The molecule has 86 valence electrons. The summed E-state index contributed by atoms with van der Waals surface area (Å²) < 4.78 is 10.1. The van der Waals surface area contributed by atoms with Gasteiger partial charge in [0.25, 0.3) is 0 Å². The van der Waals surface area contributed by atoms with Gasteiger partial charge in [-0.3, -0.25) is 0 Å². The highest BCUT2D eigenvalue weighted by Gasteiger charge is 2.14. The molecule has 0 saturated carbocycles. The molecular weight excluding hydrogens is 226 g/mol.